The average Bonchev–Trinajstić information content (AvgIpc) is 2.91. The van der Waals surface area contributed by atoms with Gasteiger partial charge in [-0.15, -0.1) is 12.4 Å². The Kier molecular flexibility index (Phi) is 4.12. The van der Waals surface area contributed by atoms with E-state index < -0.39 is 0 Å². The van der Waals surface area contributed by atoms with E-state index in [4.69, 9.17) is 0 Å². The first-order chi connectivity index (χ1) is 8.36. The number of rotatable bonds is 1. The molecule has 1 aromatic carbocycles. The van der Waals surface area contributed by atoms with Gasteiger partial charge in [0, 0.05) is 30.9 Å². The smallest absolute Gasteiger partial charge is 0.254 e. The summed E-state index contributed by atoms with van der Waals surface area (Å²) in [6.07, 6.45) is 4.45. The van der Waals surface area contributed by atoms with Crippen LogP contribution in [0.4, 0.5) is 5.69 Å². The van der Waals surface area contributed by atoms with Gasteiger partial charge in [-0.25, -0.2) is 0 Å². The maximum absolute atomic E-state index is 12.4. The number of carbonyl (C=O) groups excluding carboxylic acids is 1. The molecule has 0 spiro atoms. The Hall–Kier alpha value is -1.22. The number of hydrogen-bond acceptors (Lipinski definition) is 2. The van der Waals surface area contributed by atoms with Crippen molar-refractivity contribution in [1.29, 1.82) is 0 Å². The Morgan fingerprint density at radius 1 is 1.17 bits per heavy atom. The van der Waals surface area contributed by atoms with E-state index in [-0.39, 0.29) is 18.3 Å². The van der Waals surface area contributed by atoms with Crippen LogP contribution in [0.2, 0.25) is 0 Å². The van der Waals surface area contributed by atoms with Crippen molar-refractivity contribution in [1.82, 2.24) is 4.90 Å². The first-order valence-corrected chi connectivity index (χ1v) is 6.51. The molecule has 3 rings (SSSR count). The van der Waals surface area contributed by atoms with Crippen LogP contribution in [0.5, 0.6) is 0 Å². The fourth-order valence-electron chi connectivity index (χ4n) is 2.80. The second kappa shape index (κ2) is 5.61. The standard InChI is InChI=1S/C14H18N2O.ClH/c17-14(16-9-1-2-10-16)12-5-3-7-13-11(12)6-4-8-15-13;/h3,5,7,15H,1-2,4,6,8-10H2;1H. The van der Waals surface area contributed by atoms with Crippen LogP contribution in [0, 0.1) is 0 Å². The minimum Gasteiger partial charge on any atom is -0.385 e. The molecular weight excluding hydrogens is 248 g/mol. The van der Waals surface area contributed by atoms with E-state index >= 15 is 0 Å². The van der Waals surface area contributed by atoms with Gasteiger partial charge in [0.1, 0.15) is 0 Å². The lowest BCUT2D eigenvalue weighted by atomic mass is 9.97. The maximum Gasteiger partial charge on any atom is 0.254 e. The largest absolute Gasteiger partial charge is 0.385 e. The summed E-state index contributed by atoms with van der Waals surface area (Å²) in [6, 6.07) is 6.04. The lowest BCUT2D eigenvalue weighted by Crippen LogP contribution is -2.29. The summed E-state index contributed by atoms with van der Waals surface area (Å²) in [6.45, 7) is 2.88. The molecule has 0 aliphatic carbocycles. The Labute approximate surface area is 114 Å². The molecule has 1 N–H and O–H groups in total. The second-order valence-corrected chi connectivity index (χ2v) is 4.86. The van der Waals surface area contributed by atoms with Gasteiger partial charge in [0.05, 0.1) is 0 Å². The van der Waals surface area contributed by atoms with Crippen LogP contribution < -0.4 is 5.32 Å². The van der Waals surface area contributed by atoms with Crippen LogP contribution >= 0.6 is 12.4 Å². The van der Waals surface area contributed by atoms with Gasteiger partial charge in [-0.1, -0.05) is 6.07 Å². The Morgan fingerprint density at radius 3 is 2.72 bits per heavy atom. The zero-order chi connectivity index (χ0) is 11.7. The second-order valence-electron chi connectivity index (χ2n) is 4.86. The summed E-state index contributed by atoms with van der Waals surface area (Å²) in [5.74, 6) is 0.225. The van der Waals surface area contributed by atoms with Crippen LogP contribution in [0.3, 0.4) is 0 Å². The number of halogens is 1. The van der Waals surface area contributed by atoms with E-state index in [9.17, 15) is 4.79 Å². The van der Waals surface area contributed by atoms with Crippen molar-refractivity contribution in [3.05, 3.63) is 29.3 Å². The molecule has 1 fully saturated rings. The van der Waals surface area contributed by atoms with Gasteiger partial charge in [-0.2, -0.15) is 0 Å². The number of amides is 1. The van der Waals surface area contributed by atoms with Crippen molar-refractivity contribution < 1.29 is 4.79 Å². The lowest BCUT2D eigenvalue weighted by molar-refractivity contribution is 0.0791. The van der Waals surface area contributed by atoms with Crippen molar-refractivity contribution in [3.8, 4) is 0 Å². The van der Waals surface area contributed by atoms with Crippen molar-refractivity contribution in [3.63, 3.8) is 0 Å². The SMILES string of the molecule is Cl.O=C(c1cccc2c1CCCN2)N1CCCC1. The fourth-order valence-corrected chi connectivity index (χ4v) is 2.80. The molecule has 2 heterocycles. The van der Waals surface area contributed by atoms with Crippen molar-refractivity contribution >= 4 is 24.0 Å². The highest BCUT2D eigenvalue weighted by Gasteiger charge is 2.23. The molecule has 0 bridgehead atoms. The molecule has 0 saturated carbocycles. The van der Waals surface area contributed by atoms with Gasteiger partial charge >= 0.3 is 0 Å². The molecule has 2 aliphatic rings. The van der Waals surface area contributed by atoms with E-state index in [2.05, 4.69) is 11.4 Å². The third-order valence-electron chi connectivity index (χ3n) is 3.72. The van der Waals surface area contributed by atoms with E-state index in [0.717, 1.165) is 56.6 Å². The number of nitrogens with one attached hydrogen (secondary N) is 1. The van der Waals surface area contributed by atoms with Gasteiger partial charge in [0.25, 0.3) is 5.91 Å². The summed E-state index contributed by atoms with van der Waals surface area (Å²) < 4.78 is 0. The Balaban J connectivity index is 0.00000120. The molecular formula is C14H19ClN2O. The molecule has 3 nitrogen and oxygen atoms in total. The molecule has 1 saturated heterocycles. The van der Waals surface area contributed by atoms with Gasteiger partial charge in [0.2, 0.25) is 0 Å². The molecule has 0 unspecified atom stereocenters. The number of likely N-dealkylation sites (tertiary alicyclic amines) is 1. The minimum absolute atomic E-state index is 0. The first-order valence-electron chi connectivity index (χ1n) is 6.51. The number of benzene rings is 1. The highest BCUT2D eigenvalue weighted by Crippen LogP contribution is 2.27. The van der Waals surface area contributed by atoms with E-state index in [1.807, 2.05) is 17.0 Å². The monoisotopic (exact) mass is 266 g/mol. The van der Waals surface area contributed by atoms with Crippen LogP contribution in [-0.2, 0) is 6.42 Å². The Bertz CT molecular complexity index is 441. The van der Waals surface area contributed by atoms with Crippen LogP contribution in [0.1, 0.15) is 35.2 Å². The first kappa shape index (κ1) is 13.2. The van der Waals surface area contributed by atoms with Crippen molar-refractivity contribution in [2.24, 2.45) is 0 Å². The van der Waals surface area contributed by atoms with E-state index in [0.29, 0.717) is 0 Å². The van der Waals surface area contributed by atoms with Crippen molar-refractivity contribution in [2.45, 2.75) is 25.7 Å². The summed E-state index contributed by atoms with van der Waals surface area (Å²) in [5, 5.41) is 3.38. The molecule has 4 heteroatoms. The normalized spacial score (nSPS) is 17.7. The average molecular weight is 267 g/mol. The van der Waals surface area contributed by atoms with Crippen LogP contribution in [0.15, 0.2) is 18.2 Å². The predicted molar refractivity (Wildman–Crippen MR) is 75.6 cm³/mol. The zero-order valence-corrected chi connectivity index (χ0v) is 11.3. The van der Waals surface area contributed by atoms with Gasteiger partial charge in [0.15, 0.2) is 0 Å². The van der Waals surface area contributed by atoms with Gasteiger partial charge in [-0.05, 0) is 43.4 Å². The third-order valence-corrected chi connectivity index (χ3v) is 3.72. The third kappa shape index (κ3) is 2.32. The number of carbonyl (C=O) groups is 1. The molecule has 2 aliphatic heterocycles. The molecule has 0 aromatic heterocycles. The van der Waals surface area contributed by atoms with E-state index in [1.54, 1.807) is 0 Å². The molecule has 18 heavy (non-hydrogen) atoms. The van der Waals surface area contributed by atoms with Crippen LogP contribution in [0.25, 0.3) is 0 Å². The zero-order valence-electron chi connectivity index (χ0n) is 10.4. The minimum atomic E-state index is 0. The summed E-state index contributed by atoms with van der Waals surface area (Å²) in [4.78, 5) is 14.4. The highest BCUT2D eigenvalue weighted by atomic mass is 35.5. The summed E-state index contributed by atoms with van der Waals surface area (Å²) >= 11 is 0. The maximum atomic E-state index is 12.4. The number of fused-ring (bicyclic) bond motifs is 1. The molecule has 0 radical (unpaired) electrons. The Morgan fingerprint density at radius 2 is 1.94 bits per heavy atom. The number of anilines is 1. The summed E-state index contributed by atoms with van der Waals surface area (Å²) in [7, 11) is 0. The molecule has 98 valence electrons. The van der Waals surface area contributed by atoms with Crippen LogP contribution in [-0.4, -0.2) is 30.4 Å². The fraction of sp³-hybridized carbons (Fsp3) is 0.500. The highest BCUT2D eigenvalue weighted by molar-refractivity contribution is 5.97. The number of nitrogens with zero attached hydrogens (tertiary/aromatic N) is 1. The molecule has 0 atom stereocenters. The quantitative estimate of drug-likeness (QED) is 0.848. The topological polar surface area (TPSA) is 32.3 Å². The van der Waals surface area contributed by atoms with Gasteiger partial charge < -0.3 is 10.2 Å². The van der Waals surface area contributed by atoms with Gasteiger partial charge in [-0.3, -0.25) is 4.79 Å². The molecule has 1 aromatic rings. The lowest BCUT2D eigenvalue weighted by Gasteiger charge is -2.23. The summed E-state index contributed by atoms with van der Waals surface area (Å²) in [5.41, 5.74) is 3.29. The van der Waals surface area contributed by atoms with Crippen molar-refractivity contribution in [2.75, 3.05) is 25.0 Å². The predicted octanol–water partition coefficient (Wildman–Crippen LogP) is 2.70. The molecule has 1 amide bonds. The number of hydrogen-bond donors (Lipinski definition) is 1. The van der Waals surface area contributed by atoms with E-state index in [1.165, 1.54) is 5.56 Å².